The Morgan fingerprint density at radius 3 is 2.57 bits per heavy atom. The molecule has 0 fully saturated rings. The third-order valence-corrected chi connectivity index (χ3v) is 6.12. The number of carbonyl (C=O) groups is 2. The normalized spacial score (nSPS) is 12.4. The molecule has 0 spiro atoms. The summed E-state index contributed by atoms with van der Waals surface area (Å²) in [5, 5.41) is 8.16. The molecule has 0 radical (unpaired) electrons. The van der Waals surface area contributed by atoms with Crippen LogP contribution in [0.3, 0.4) is 0 Å². The zero-order chi connectivity index (χ0) is 24.4. The molecule has 1 aliphatic rings. The molecule has 0 bridgehead atoms. The molecule has 35 heavy (non-hydrogen) atoms. The largest absolute Gasteiger partial charge is 0.482 e. The molecule has 0 aliphatic carbocycles. The predicted octanol–water partition coefficient (Wildman–Crippen LogP) is 3.27. The van der Waals surface area contributed by atoms with Crippen LogP contribution in [0.1, 0.15) is 11.1 Å². The van der Waals surface area contributed by atoms with Crippen LogP contribution in [-0.2, 0) is 27.2 Å². The molecule has 4 aromatic rings. The smallest absolute Gasteiger partial charge is 0.343 e. The molecule has 0 atom stereocenters. The highest BCUT2D eigenvalue weighted by atomic mass is 16.6. The molecule has 1 N–H and O–H groups in total. The topological polar surface area (TPSA) is 102 Å². The van der Waals surface area contributed by atoms with Crippen LogP contribution in [0.25, 0.3) is 22.0 Å². The highest BCUT2D eigenvalue weighted by Gasteiger charge is 2.25. The molecular formula is C27H23N3O5. The SMILES string of the molecule is COC(=O)COc1ccc2c(c1)N(C(=O)Cc1ccc(-c3n[nH]c(=O)c4ccccc34)cc1)CC2. The third kappa shape index (κ3) is 4.50. The maximum absolute atomic E-state index is 13.1. The summed E-state index contributed by atoms with van der Waals surface area (Å²) in [5.41, 5.74) is 4.06. The zero-order valence-corrected chi connectivity index (χ0v) is 19.1. The Bertz CT molecular complexity index is 1480. The van der Waals surface area contributed by atoms with Crippen LogP contribution in [0.5, 0.6) is 5.75 Å². The number of aromatic nitrogens is 2. The van der Waals surface area contributed by atoms with E-state index in [1.807, 2.05) is 48.5 Å². The monoisotopic (exact) mass is 469 g/mol. The van der Waals surface area contributed by atoms with E-state index in [0.29, 0.717) is 23.4 Å². The van der Waals surface area contributed by atoms with Crippen molar-refractivity contribution in [3.8, 4) is 17.0 Å². The molecule has 2 heterocycles. The number of hydrogen-bond donors (Lipinski definition) is 1. The lowest BCUT2D eigenvalue weighted by atomic mass is 10.0. The minimum Gasteiger partial charge on any atom is -0.482 e. The lowest BCUT2D eigenvalue weighted by Crippen LogP contribution is -2.30. The van der Waals surface area contributed by atoms with E-state index in [2.05, 4.69) is 14.9 Å². The van der Waals surface area contributed by atoms with Gasteiger partial charge in [0, 0.05) is 23.6 Å². The van der Waals surface area contributed by atoms with Crippen molar-refractivity contribution in [1.29, 1.82) is 0 Å². The predicted molar refractivity (Wildman–Crippen MR) is 132 cm³/mol. The fourth-order valence-electron chi connectivity index (χ4n) is 4.29. The van der Waals surface area contributed by atoms with E-state index >= 15 is 0 Å². The summed E-state index contributed by atoms with van der Waals surface area (Å²) in [5.74, 6) is 0.0278. The van der Waals surface area contributed by atoms with Gasteiger partial charge in [0.15, 0.2) is 6.61 Å². The van der Waals surface area contributed by atoms with Gasteiger partial charge in [-0.25, -0.2) is 9.89 Å². The number of aromatic amines is 1. The van der Waals surface area contributed by atoms with Crippen molar-refractivity contribution in [3.63, 3.8) is 0 Å². The molecule has 0 unspecified atom stereocenters. The maximum atomic E-state index is 13.1. The Balaban J connectivity index is 1.32. The number of nitrogens with zero attached hydrogens (tertiary/aromatic N) is 2. The van der Waals surface area contributed by atoms with Crippen molar-refractivity contribution in [2.75, 3.05) is 25.2 Å². The van der Waals surface area contributed by atoms with Gasteiger partial charge in [0.05, 0.1) is 30.3 Å². The van der Waals surface area contributed by atoms with E-state index in [9.17, 15) is 14.4 Å². The van der Waals surface area contributed by atoms with Crippen molar-refractivity contribution in [1.82, 2.24) is 10.2 Å². The Hall–Kier alpha value is -4.46. The van der Waals surface area contributed by atoms with Crippen molar-refractivity contribution in [2.24, 2.45) is 0 Å². The number of rotatable bonds is 6. The minimum absolute atomic E-state index is 0.0192. The van der Waals surface area contributed by atoms with Gasteiger partial charge >= 0.3 is 5.97 Å². The highest BCUT2D eigenvalue weighted by Crippen LogP contribution is 2.32. The van der Waals surface area contributed by atoms with Crippen LogP contribution in [0.4, 0.5) is 5.69 Å². The molecule has 0 saturated heterocycles. The zero-order valence-electron chi connectivity index (χ0n) is 19.1. The molecule has 3 aromatic carbocycles. The van der Waals surface area contributed by atoms with E-state index < -0.39 is 5.97 Å². The number of amides is 1. The lowest BCUT2D eigenvalue weighted by molar-refractivity contribution is -0.142. The van der Waals surface area contributed by atoms with Crippen molar-refractivity contribution < 1.29 is 19.1 Å². The fourth-order valence-corrected chi connectivity index (χ4v) is 4.29. The number of nitrogens with one attached hydrogen (secondary N) is 1. The first kappa shape index (κ1) is 22.3. The first-order valence-electron chi connectivity index (χ1n) is 11.2. The number of benzene rings is 3. The number of H-pyrrole nitrogens is 1. The Kier molecular flexibility index (Phi) is 6.01. The van der Waals surface area contributed by atoms with Crippen LogP contribution >= 0.6 is 0 Å². The molecule has 1 aliphatic heterocycles. The average molecular weight is 469 g/mol. The Morgan fingerprint density at radius 2 is 1.80 bits per heavy atom. The number of esters is 1. The van der Waals surface area contributed by atoms with Gasteiger partial charge in [-0.1, -0.05) is 48.5 Å². The van der Waals surface area contributed by atoms with Gasteiger partial charge in [-0.05, 0) is 29.7 Å². The molecule has 176 valence electrons. The first-order chi connectivity index (χ1) is 17.0. The first-order valence-corrected chi connectivity index (χ1v) is 11.2. The van der Waals surface area contributed by atoms with Crippen LogP contribution in [-0.4, -0.2) is 42.3 Å². The van der Waals surface area contributed by atoms with Crippen molar-refractivity contribution >= 4 is 28.3 Å². The second kappa shape index (κ2) is 9.42. The number of hydrogen-bond acceptors (Lipinski definition) is 6. The standard InChI is InChI=1S/C27H23N3O5/c1-34-25(32)16-35-20-11-10-18-12-13-30(23(18)15-20)24(31)14-17-6-8-19(9-7-17)26-21-4-2-3-5-22(21)27(33)29-28-26/h2-11,15H,12-14,16H2,1H3,(H,29,33). The van der Waals surface area contributed by atoms with E-state index in [-0.39, 0.29) is 24.5 Å². The number of methoxy groups -OCH3 is 1. The van der Waals surface area contributed by atoms with Gasteiger partial charge in [0.1, 0.15) is 5.75 Å². The number of fused-ring (bicyclic) bond motifs is 2. The van der Waals surface area contributed by atoms with Crippen LogP contribution < -0.4 is 15.2 Å². The summed E-state index contributed by atoms with van der Waals surface area (Å²) < 4.78 is 10.1. The van der Waals surface area contributed by atoms with E-state index in [1.54, 1.807) is 23.1 Å². The van der Waals surface area contributed by atoms with E-state index in [4.69, 9.17) is 4.74 Å². The van der Waals surface area contributed by atoms with Gasteiger partial charge < -0.3 is 14.4 Å². The summed E-state index contributed by atoms with van der Waals surface area (Å²) in [6.45, 7) is 0.412. The minimum atomic E-state index is -0.466. The number of carbonyl (C=O) groups excluding carboxylic acids is 2. The second-order valence-electron chi connectivity index (χ2n) is 8.27. The highest BCUT2D eigenvalue weighted by molar-refractivity contribution is 5.97. The summed E-state index contributed by atoms with van der Waals surface area (Å²) in [7, 11) is 1.31. The second-order valence-corrected chi connectivity index (χ2v) is 8.27. The van der Waals surface area contributed by atoms with Gasteiger partial charge in [0.25, 0.3) is 5.56 Å². The summed E-state index contributed by atoms with van der Waals surface area (Å²) in [6, 6.07) is 20.5. The third-order valence-electron chi connectivity index (χ3n) is 6.12. The Labute approximate surface area is 201 Å². The average Bonchev–Trinajstić information content (AvgIpc) is 3.32. The summed E-state index contributed by atoms with van der Waals surface area (Å²) in [4.78, 5) is 38.3. The summed E-state index contributed by atoms with van der Waals surface area (Å²) in [6.07, 6.45) is 1.01. The summed E-state index contributed by atoms with van der Waals surface area (Å²) >= 11 is 0. The maximum Gasteiger partial charge on any atom is 0.343 e. The molecule has 1 aromatic heterocycles. The molecule has 5 rings (SSSR count). The number of ether oxygens (including phenoxy) is 2. The molecule has 1 amide bonds. The molecule has 0 saturated carbocycles. The van der Waals surface area contributed by atoms with E-state index in [0.717, 1.165) is 34.2 Å². The van der Waals surface area contributed by atoms with Crippen LogP contribution in [0, 0.1) is 0 Å². The van der Waals surface area contributed by atoms with Gasteiger partial charge in [-0.2, -0.15) is 5.10 Å². The quantitative estimate of drug-likeness (QED) is 0.435. The number of anilines is 1. The lowest BCUT2D eigenvalue weighted by Gasteiger charge is -2.18. The van der Waals surface area contributed by atoms with Gasteiger partial charge in [0.2, 0.25) is 5.91 Å². The van der Waals surface area contributed by atoms with Gasteiger partial charge in [-0.15, -0.1) is 0 Å². The van der Waals surface area contributed by atoms with Crippen molar-refractivity contribution in [2.45, 2.75) is 12.8 Å². The molecule has 8 heteroatoms. The molecule has 8 nitrogen and oxygen atoms in total. The van der Waals surface area contributed by atoms with E-state index in [1.165, 1.54) is 7.11 Å². The van der Waals surface area contributed by atoms with Crippen LogP contribution in [0.15, 0.2) is 71.5 Å². The fraction of sp³-hybridized carbons (Fsp3) is 0.185. The van der Waals surface area contributed by atoms with Gasteiger partial charge in [-0.3, -0.25) is 9.59 Å². The van der Waals surface area contributed by atoms with Crippen LogP contribution in [0.2, 0.25) is 0 Å². The molecular weight excluding hydrogens is 446 g/mol. The van der Waals surface area contributed by atoms with Crippen molar-refractivity contribution in [3.05, 3.63) is 88.2 Å². The Morgan fingerprint density at radius 1 is 1.03 bits per heavy atom.